The first-order chi connectivity index (χ1) is 12.2. The van der Waals surface area contributed by atoms with Crippen LogP contribution in [-0.4, -0.2) is 21.4 Å². The highest BCUT2D eigenvalue weighted by Crippen LogP contribution is 2.14. The molecular formula is C18H17N5O2. The van der Waals surface area contributed by atoms with Gasteiger partial charge >= 0.3 is 5.69 Å². The molecule has 3 rings (SSSR count). The molecule has 0 aliphatic rings. The van der Waals surface area contributed by atoms with Gasteiger partial charge in [-0.3, -0.25) is 5.43 Å². The van der Waals surface area contributed by atoms with Crippen LogP contribution in [0.4, 0.5) is 5.82 Å². The predicted octanol–water partition coefficient (Wildman–Crippen LogP) is 2.50. The van der Waals surface area contributed by atoms with E-state index in [1.54, 1.807) is 6.21 Å². The molecule has 0 unspecified atom stereocenters. The van der Waals surface area contributed by atoms with Gasteiger partial charge in [0.25, 0.3) is 0 Å². The maximum atomic E-state index is 11.0. The normalized spacial score (nSPS) is 10.8. The molecule has 1 heterocycles. The van der Waals surface area contributed by atoms with Gasteiger partial charge in [-0.1, -0.05) is 29.8 Å². The molecule has 2 aromatic carbocycles. The van der Waals surface area contributed by atoms with Gasteiger partial charge in [0.1, 0.15) is 12.4 Å². The summed E-state index contributed by atoms with van der Waals surface area (Å²) in [6, 6.07) is 15.8. The van der Waals surface area contributed by atoms with Crippen molar-refractivity contribution in [3.05, 3.63) is 81.9 Å². The van der Waals surface area contributed by atoms with Gasteiger partial charge < -0.3 is 4.74 Å². The number of benzene rings is 2. The zero-order valence-corrected chi connectivity index (χ0v) is 13.6. The minimum absolute atomic E-state index is 0.276. The lowest BCUT2D eigenvalue weighted by Gasteiger charge is -2.06. The number of aromatic nitrogens is 3. The van der Waals surface area contributed by atoms with E-state index in [-0.39, 0.29) is 5.82 Å². The molecule has 25 heavy (non-hydrogen) atoms. The van der Waals surface area contributed by atoms with Crippen LogP contribution < -0.4 is 15.9 Å². The minimum atomic E-state index is -0.532. The average Bonchev–Trinajstić information content (AvgIpc) is 2.62. The molecular weight excluding hydrogens is 318 g/mol. The molecule has 0 fully saturated rings. The summed E-state index contributed by atoms with van der Waals surface area (Å²) in [5.74, 6) is 1.06. The van der Waals surface area contributed by atoms with Crippen molar-refractivity contribution in [2.75, 3.05) is 5.43 Å². The summed E-state index contributed by atoms with van der Waals surface area (Å²) in [5.41, 5.74) is 5.35. The number of aryl methyl sites for hydroxylation is 1. The molecule has 1 aromatic heterocycles. The van der Waals surface area contributed by atoms with Crippen LogP contribution in [0.3, 0.4) is 0 Å². The Kier molecular flexibility index (Phi) is 5.16. The Morgan fingerprint density at radius 3 is 2.64 bits per heavy atom. The van der Waals surface area contributed by atoms with Gasteiger partial charge in [0.05, 0.1) is 12.4 Å². The third-order valence-corrected chi connectivity index (χ3v) is 3.37. The molecule has 0 aliphatic heterocycles. The number of aromatic amines is 1. The van der Waals surface area contributed by atoms with Crippen LogP contribution in [0.15, 0.2) is 64.6 Å². The molecule has 7 nitrogen and oxygen atoms in total. The van der Waals surface area contributed by atoms with Crippen molar-refractivity contribution in [1.29, 1.82) is 0 Å². The molecule has 0 aliphatic carbocycles. The van der Waals surface area contributed by atoms with E-state index in [1.165, 1.54) is 11.8 Å². The second-order valence-electron chi connectivity index (χ2n) is 5.39. The monoisotopic (exact) mass is 335 g/mol. The largest absolute Gasteiger partial charge is 0.489 e. The summed E-state index contributed by atoms with van der Waals surface area (Å²) in [4.78, 5) is 14.7. The number of hydrazone groups is 1. The van der Waals surface area contributed by atoms with E-state index < -0.39 is 5.69 Å². The van der Waals surface area contributed by atoms with Crippen molar-refractivity contribution in [3.63, 3.8) is 0 Å². The summed E-state index contributed by atoms with van der Waals surface area (Å²) in [6.45, 7) is 2.58. The first-order valence-corrected chi connectivity index (χ1v) is 7.68. The molecule has 3 aromatic rings. The zero-order chi connectivity index (χ0) is 17.5. The van der Waals surface area contributed by atoms with Crippen molar-refractivity contribution in [1.82, 2.24) is 15.2 Å². The Hall–Kier alpha value is -3.48. The van der Waals surface area contributed by atoms with E-state index in [0.29, 0.717) is 6.61 Å². The molecule has 126 valence electrons. The number of nitrogens with one attached hydrogen (secondary N) is 2. The van der Waals surface area contributed by atoms with Crippen molar-refractivity contribution in [2.24, 2.45) is 5.10 Å². The summed E-state index contributed by atoms with van der Waals surface area (Å²) in [5, 5.41) is 9.82. The van der Waals surface area contributed by atoms with Gasteiger partial charge in [0.15, 0.2) is 5.82 Å². The summed E-state index contributed by atoms with van der Waals surface area (Å²) >= 11 is 0. The molecule has 0 atom stereocenters. The molecule has 0 saturated carbocycles. The molecule has 0 spiro atoms. The topological polar surface area (TPSA) is 92.3 Å². The number of H-pyrrole nitrogens is 1. The van der Waals surface area contributed by atoms with E-state index in [1.807, 2.05) is 24.3 Å². The smallest absolute Gasteiger partial charge is 0.363 e. The van der Waals surface area contributed by atoms with Crippen LogP contribution in [0.5, 0.6) is 5.75 Å². The van der Waals surface area contributed by atoms with E-state index in [2.05, 4.69) is 56.9 Å². The number of anilines is 1. The van der Waals surface area contributed by atoms with Gasteiger partial charge in [0, 0.05) is 0 Å². The van der Waals surface area contributed by atoms with Crippen molar-refractivity contribution >= 4 is 12.0 Å². The second-order valence-corrected chi connectivity index (χ2v) is 5.39. The fourth-order valence-electron chi connectivity index (χ4n) is 2.04. The van der Waals surface area contributed by atoms with Crippen molar-refractivity contribution in [2.45, 2.75) is 13.5 Å². The van der Waals surface area contributed by atoms with Crippen molar-refractivity contribution in [3.8, 4) is 5.75 Å². The number of hydrogen-bond donors (Lipinski definition) is 2. The molecule has 0 bridgehead atoms. The van der Waals surface area contributed by atoms with Gasteiger partial charge in [-0.15, -0.1) is 0 Å². The predicted molar refractivity (Wildman–Crippen MR) is 95.8 cm³/mol. The zero-order valence-electron chi connectivity index (χ0n) is 13.6. The lowest BCUT2D eigenvalue weighted by Crippen LogP contribution is -2.13. The molecule has 7 heteroatoms. The summed E-state index contributed by atoms with van der Waals surface area (Å²) in [7, 11) is 0. The van der Waals surface area contributed by atoms with Crippen LogP contribution in [0.25, 0.3) is 0 Å². The fourth-order valence-corrected chi connectivity index (χ4v) is 2.04. The molecule has 0 radical (unpaired) electrons. The van der Waals surface area contributed by atoms with E-state index in [9.17, 15) is 4.79 Å². The number of rotatable bonds is 6. The third-order valence-electron chi connectivity index (χ3n) is 3.37. The maximum Gasteiger partial charge on any atom is 0.363 e. The van der Waals surface area contributed by atoms with Crippen molar-refractivity contribution < 1.29 is 4.74 Å². The maximum absolute atomic E-state index is 11.0. The van der Waals surface area contributed by atoms with E-state index in [4.69, 9.17) is 4.74 Å². The Morgan fingerprint density at radius 1 is 1.16 bits per heavy atom. The van der Waals surface area contributed by atoms with Crippen LogP contribution in [0, 0.1) is 6.92 Å². The van der Waals surface area contributed by atoms with Gasteiger partial charge in [0.2, 0.25) is 0 Å². The molecule has 0 saturated heterocycles. The highest BCUT2D eigenvalue weighted by molar-refractivity contribution is 5.80. The Labute approximate surface area is 144 Å². The van der Waals surface area contributed by atoms with Crippen LogP contribution >= 0.6 is 0 Å². The first-order valence-electron chi connectivity index (χ1n) is 7.68. The summed E-state index contributed by atoms with van der Waals surface area (Å²) in [6.07, 6.45) is 2.99. The molecule has 0 amide bonds. The van der Waals surface area contributed by atoms with Crippen LogP contribution in [0.2, 0.25) is 0 Å². The Balaban J connectivity index is 1.53. The van der Waals surface area contributed by atoms with Gasteiger partial charge in [-0.05, 0) is 42.3 Å². The van der Waals surface area contributed by atoms with Crippen LogP contribution in [0.1, 0.15) is 16.7 Å². The number of nitrogens with zero attached hydrogens (tertiary/aromatic N) is 3. The van der Waals surface area contributed by atoms with Gasteiger partial charge in [-0.2, -0.15) is 15.2 Å². The average molecular weight is 335 g/mol. The quantitative estimate of drug-likeness (QED) is 0.533. The highest BCUT2D eigenvalue weighted by atomic mass is 16.5. The van der Waals surface area contributed by atoms with E-state index >= 15 is 0 Å². The van der Waals surface area contributed by atoms with E-state index in [0.717, 1.165) is 16.9 Å². The number of ether oxygens (including phenoxy) is 1. The first kappa shape index (κ1) is 16.4. The van der Waals surface area contributed by atoms with Crippen LogP contribution in [-0.2, 0) is 6.61 Å². The second kappa shape index (κ2) is 7.87. The fraction of sp³-hybridized carbons (Fsp3) is 0.111. The molecule has 2 N–H and O–H groups in total. The van der Waals surface area contributed by atoms with Gasteiger partial charge in [-0.25, -0.2) is 9.89 Å². The minimum Gasteiger partial charge on any atom is -0.489 e. The Bertz CT molecular complexity index is 902. The summed E-state index contributed by atoms with van der Waals surface area (Å²) < 4.78 is 5.76. The highest BCUT2D eigenvalue weighted by Gasteiger charge is 1.97. The Morgan fingerprint density at radius 2 is 1.92 bits per heavy atom. The SMILES string of the molecule is Cc1ccc(COc2ccc(/C=N/Nc3cn[nH]c(=O)n3)cc2)cc1. The third kappa shape index (κ3) is 5.00. The standard InChI is InChI=1S/C18H17N5O2/c1-13-2-4-15(5-3-13)12-25-16-8-6-14(7-9-16)10-19-22-17-11-20-23-18(24)21-17/h2-11H,12H2,1H3,(H2,21,22,23,24)/b19-10+. The lowest BCUT2D eigenvalue weighted by molar-refractivity contribution is 0.306. The lowest BCUT2D eigenvalue weighted by atomic mass is 10.2. The number of hydrogen-bond acceptors (Lipinski definition) is 6.